The molecule has 34 heavy (non-hydrogen) atoms. The molecule has 0 aliphatic carbocycles. The summed E-state index contributed by atoms with van der Waals surface area (Å²) in [5.74, 6) is -2.82. The lowest BCUT2D eigenvalue weighted by atomic mass is 9.70. The van der Waals surface area contributed by atoms with Crippen LogP contribution in [0.1, 0.15) is 30.5 Å². The highest BCUT2D eigenvalue weighted by Gasteiger charge is 2.47. The van der Waals surface area contributed by atoms with E-state index in [1.807, 2.05) is 6.07 Å². The highest BCUT2D eigenvalue weighted by molar-refractivity contribution is 5.87. The Kier molecular flexibility index (Phi) is 7.16. The molecule has 0 heterocycles. The van der Waals surface area contributed by atoms with Crippen molar-refractivity contribution < 1.29 is 32.5 Å². The Labute approximate surface area is 195 Å². The number of ether oxygens (including phenoxy) is 2. The van der Waals surface area contributed by atoms with Crippen molar-refractivity contribution in [1.29, 1.82) is 5.26 Å². The zero-order valence-electron chi connectivity index (χ0n) is 18.5. The topological polar surface area (TPSA) is 79.6 Å². The van der Waals surface area contributed by atoms with Gasteiger partial charge in [-0.2, -0.15) is 5.26 Å². The molecule has 5 nitrogen and oxygen atoms in total. The second kappa shape index (κ2) is 9.87. The molecule has 0 amide bonds. The maximum Gasteiger partial charge on any atom is 0.573 e. The largest absolute Gasteiger partial charge is 0.573 e. The molecule has 0 radical (unpaired) electrons. The van der Waals surface area contributed by atoms with Gasteiger partial charge >= 0.3 is 12.3 Å². The molecule has 0 aromatic heterocycles. The zero-order valence-corrected chi connectivity index (χ0v) is 18.5. The van der Waals surface area contributed by atoms with E-state index in [4.69, 9.17) is 4.74 Å². The van der Waals surface area contributed by atoms with Crippen LogP contribution in [0, 0.1) is 17.2 Å². The number of alkyl halides is 3. The molecule has 1 unspecified atom stereocenters. The van der Waals surface area contributed by atoms with Crippen LogP contribution in [0.3, 0.4) is 0 Å². The molecule has 0 spiro atoms. The summed E-state index contributed by atoms with van der Waals surface area (Å²) in [7, 11) is 0. The van der Waals surface area contributed by atoms with E-state index in [2.05, 4.69) is 4.74 Å². The van der Waals surface area contributed by atoms with Crippen LogP contribution >= 0.6 is 0 Å². The number of rotatable bonds is 8. The lowest BCUT2D eigenvalue weighted by Crippen LogP contribution is -2.40. The zero-order chi connectivity index (χ0) is 24.9. The summed E-state index contributed by atoms with van der Waals surface area (Å²) in [5, 5.41) is 20.1. The van der Waals surface area contributed by atoms with E-state index in [0.717, 1.165) is 6.07 Å². The van der Waals surface area contributed by atoms with Crippen LogP contribution in [0.5, 0.6) is 17.2 Å². The third kappa shape index (κ3) is 5.15. The number of carboxylic acids is 1. The molecule has 3 aromatic carbocycles. The summed E-state index contributed by atoms with van der Waals surface area (Å²) < 4.78 is 49.9. The highest BCUT2D eigenvalue weighted by Crippen LogP contribution is 2.46. The van der Waals surface area contributed by atoms with Crippen molar-refractivity contribution in [1.82, 2.24) is 0 Å². The van der Waals surface area contributed by atoms with Crippen LogP contribution in [-0.2, 0) is 16.6 Å². The number of aliphatic carboxylic acids is 1. The Bertz CT molecular complexity index is 1190. The van der Waals surface area contributed by atoms with Gasteiger partial charge in [0.2, 0.25) is 0 Å². The number of nitriles is 1. The van der Waals surface area contributed by atoms with Gasteiger partial charge in [0.15, 0.2) is 16.9 Å². The maximum absolute atomic E-state index is 13.3. The van der Waals surface area contributed by atoms with Gasteiger partial charge in [-0.1, -0.05) is 68.4 Å². The summed E-state index contributed by atoms with van der Waals surface area (Å²) in [4.78, 5) is 12.4. The van der Waals surface area contributed by atoms with Gasteiger partial charge in [-0.3, -0.25) is 4.79 Å². The van der Waals surface area contributed by atoms with Crippen molar-refractivity contribution in [2.75, 3.05) is 0 Å². The van der Waals surface area contributed by atoms with E-state index in [1.165, 1.54) is 6.07 Å². The van der Waals surface area contributed by atoms with Crippen molar-refractivity contribution in [3.63, 3.8) is 0 Å². The van der Waals surface area contributed by atoms with Gasteiger partial charge in [-0.05, 0) is 35.2 Å². The first-order chi connectivity index (χ1) is 16.1. The molecule has 3 aromatic rings. The normalized spacial score (nSPS) is 13.1. The van der Waals surface area contributed by atoms with Gasteiger partial charge in [0.1, 0.15) is 5.75 Å². The number of benzene rings is 3. The highest BCUT2D eigenvalue weighted by atomic mass is 19.4. The summed E-state index contributed by atoms with van der Waals surface area (Å²) in [6.07, 6.45) is -5.01. The van der Waals surface area contributed by atoms with Gasteiger partial charge in [-0.25, -0.2) is 0 Å². The molecule has 176 valence electrons. The number of carboxylic acid groups (broad SMARTS) is 1. The first-order valence-corrected chi connectivity index (χ1v) is 10.4. The monoisotopic (exact) mass is 469 g/mol. The fourth-order valence-corrected chi connectivity index (χ4v) is 3.78. The minimum atomic E-state index is -5.02. The van der Waals surface area contributed by atoms with Gasteiger partial charge in [0.25, 0.3) is 0 Å². The molecular weight excluding hydrogens is 447 g/mol. The Balaban J connectivity index is 2.36. The maximum atomic E-state index is 13.3. The first-order valence-electron chi connectivity index (χ1n) is 10.4. The van der Waals surface area contributed by atoms with Gasteiger partial charge in [-0.15, -0.1) is 13.2 Å². The summed E-state index contributed by atoms with van der Waals surface area (Å²) in [6.45, 7) is 3.14. The van der Waals surface area contributed by atoms with E-state index in [0.29, 0.717) is 5.56 Å². The quantitative estimate of drug-likeness (QED) is 0.409. The minimum absolute atomic E-state index is 0.0107. The number of carbonyl (C=O) groups is 1. The van der Waals surface area contributed by atoms with E-state index < -0.39 is 29.4 Å². The van der Waals surface area contributed by atoms with Crippen LogP contribution in [0.2, 0.25) is 0 Å². The molecule has 0 aliphatic rings. The summed E-state index contributed by atoms with van der Waals surface area (Å²) in [6, 6.07) is 21.0. The van der Waals surface area contributed by atoms with E-state index in [9.17, 15) is 28.3 Å². The van der Waals surface area contributed by atoms with Crippen LogP contribution < -0.4 is 9.47 Å². The number of hydrogen-bond donors (Lipinski definition) is 1. The standard InChI is InChI=1S/C26H22F3NO4/c1-17(2)25(16-30,24(31)32)21-13-14-22(34-26(27,28)29)23(33-19-11-7-4-8-12-19)20(21)15-18-9-5-3-6-10-18/h3-14,17H,15H2,1-2H3,(H,31,32). The molecule has 0 fully saturated rings. The van der Waals surface area contributed by atoms with Crippen molar-refractivity contribution in [2.45, 2.75) is 32.0 Å². The molecule has 3 rings (SSSR count). The van der Waals surface area contributed by atoms with Gasteiger partial charge in [0, 0.05) is 12.0 Å². The summed E-state index contributed by atoms with van der Waals surface area (Å²) in [5.41, 5.74) is -1.18. The average molecular weight is 469 g/mol. The molecule has 0 bridgehead atoms. The predicted octanol–water partition coefficient (Wildman–Crippen LogP) is 6.47. The lowest BCUT2D eigenvalue weighted by Gasteiger charge is -2.30. The Hall–Kier alpha value is -3.99. The van der Waals surface area contributed by atoms with Crippen LogP contribution in [-0.4, -0.2) is 17.4 Å². The first kappa shape index (κ1) is 24.6. The number of nitrogens with zero attached hydrogens (tertiary/aromatic N) is 1. The lowest BCUT2D eigenvalue weighted by molar-refractivity contribution is -0.275. The summed E-state index contributed by atoms with van der Waals surface area (Å²) >= 11 is 0. The molecule has 1 N–H and O–H groups in total. The smallest absolute Gasteiger partial charge is 0.480 e. The fraction of sp³-hybridized carbons (Fsp3) is 0.231. The van der Waals surface area contributed by atoms with Crippen LogP contribution in [0.4, 0.5) is 13.2 Å². The fourth-order valence-electron chi connectivity index (χ4n) is 3.78. The second-order valence-electron chi connectivity index (χ2n) is 7.92. The number of halogens is 3. The Morgan fingerprint density at radius 1 is 1.00 bits per heavy atom. The van der Waals surface area contributed by atoms with E-state index in [-0.39, 0.29) is 29.0 Å². The van der Waals surface area contributed by atoms with Crippen molar-refractivity contribution in [3.05, 3.63) is 89.5 Å². The van der Waals surface area contributed by atoms with Crippen LogP contribution in [0.25, 0.3) is 0 Å². The van der Waals surface area contributed by atoms with E-state index in [1.54, 1.807) is 74.5 Å². The van der Waals surface area contributed by atoms with E-state index >= 15 is 0 Å². The molecule has 1 atom stereocenters. The van der Waals surface area contributed by atoms with Crippen molar-refractivity contribution in [2.24, 2.45) is 5.92 Å². The van der Waals surface area contributed by atoms with Crippen LogP contribution in [0.15, 0.2) is 72.8 Å². The Morgan fingerprint density at radius 3 is 2.09 bits per heavy atom. The molecule has 0 aliphatic heterocycles. The average Bonchev–Trinajstić information content (AvgIpc) is 2.78. The molecule has 0 saturated heterocycles. The Morgan fingerprint density at radius 2 is 1.59 bits per heavy atom. The number of hydrogen-bond acceptors (Lipinski definition) is 4. The number of para-hydroxylation sites is 1. The van der Waals surface area contributed by atoms with Gasteiger partial charge < -0.3 is 14.6 Å². The third-order valence-corrected chi connectivity index (χ3v) is 5.44. The third-order valence-electron chi connectivity index (χ3n) is 5.44. The molecule has 0 saturated carbocycles. The van der Waals surface area contributed by atoms with Crippen molar-refractivity contribution in [3.8, 4) is 23.3 Å². The van der Waals surface area contributed by atoms with Crippen molar-refractivity contribution >= 4 is 5.97 Å². The van der Waals surface area contributed by atoms with Gasteiger partial charge in [0.05, 0.1) is 6.07 Å². The second-order valence-corrected chi connectivity index (χ2v) is 7.92. The molecular formula is C26H22F3NO4. The minimum Gasteiger partial charge on any atom is -0.480 e. The predicted molar refractivity (Wildman–Crippen MR) is 119 cm³/mol. The molecule has 8 heteroatoms. The SMILES string of the molecule is CC(C)C(C#N)(C(=O)O)c1ccc(OC(F)(F)F)c(Oc2ccccc2)c1Cc1ccccc1.